The zero-order valence-corrected chi connectivity index (χ0v) is 14.7. The average Bonchev–Trinajstić information content (AvgIpc) is 2.58. The molecule has 2 aromatic rings. The Balaban J connectivity index is 1.91. The summed E-state index contributed by atoms with van der Waals surface area (Å²) in [5.74, 6) is 1.23. The van der Waals surface area contributed by atoms with Crippen molar-refractivity contribution in [2.45, 2.75) is 25.2 Å². The number of thioether (sulfide) groups is 1. The third-order valence-corrected chi connectivity index (χ3v) is 4.62. The quantitative estimate of drug-likeness (QED) is 0.567. The largest absolute Gasteiger partial charge is 0.484 e. The van der Waals surface area contributed by atoms with Crippen molar-refractivity contribution in [3.05, 3.63) is 47.8 Å². The summed E-state index contributed by atoms with van der Waals surface area (Å²) in [6, 6.07) is 7.60. The molecule has 1 aromatic heterocycles. The molecule has 1 heterocycles. The molecule has 1 amide bonds. The Morgan fingerprint density at radius 3 is 2.88 bits per heavy atom. The van der Waals surface area contributed by atoms with Crippen LogP contribution in [0.25, 0.3) is 0 Å². The number of hydrogen-bond acceptors (Lipinski definition) is 5. The molecular formula is C18H22N2O3S. The highest BCUT2D eigenvalue weighted by atomic mass is 32.2. The van der Waals surface area contributed by atoms with Gasteiger partial charge in [-0.05, 0) is 49.6 Å². The Hall–Kier alpha value is -2.05. The number of nitrogens with one attached hydrogen (secondary N) is 1. The van der Waals surface area contributed by atoms with Gasteiger partial charge in [-0.1, -0.05) is 6.07 Å². The molecule has 2 N–H and O–H groups in total. The van der Waals surface area contributed by atoms with Crippen molar-refractivity contribution in [1.82, 2.24) is 4.98 Å². The van der Waals surface area contributed by atoms with E-state index in [2.05, 4.69) is 10.3 Å². The second-order valence-electron chi connectivity index (χ2n) is 5.38. The number of nitrogens with zero attached hydrogens (tertiary/aromatic N) is 1. The van der Waals surface area contributed by atoms with E-state index in [0.29, 0.717) is 17.9 Å². The maximum atomic E-state index is 12.1. The van der Waals surface area contributed by atoms with Crippen molar-refractivity contribution in [1.29, 1.82) is 0 Å². The lowest BCUT2D eigenvalue weighted by Gasteiger charge is -2.11. The molecule has 0 aliphatic rings. The van der Waals surface area contributed by atoms with E-state index < -0.39 is 0 Å². The van der Waals surface area contributed by atoms with Crippen molar-refractivity contribution in [2.75, 3.05) is 24.3 Å². The smallest absolute Gasteiger partial charge is 0.262 e. The van der Waals surface area contributed by atoms with Gasteiger partial charge < -0.3 is 15.2 Å². The number of amides is 1. The highest BCUT2D eigenvalue weighted by Gasteiger charge is 2.09. The zero-order chi connectivity index (χ0) is 17.4. The van der Waals surface area contributed by atoms with E-state index in [0.717, 1.165) is 16.2 Å². The van der Waals surface area contributed by atoms with Crippen LogP contribution >= 0.6 is 11.8 Å². The van der Waals surface area contributed by atoms with Crippen LogP contribution in [0.4, 0.5) is 5.69 Å². The number of rotatable bonds is 8. The molecule has 0 bridgehead atoms. The minimum absolute atomic E-state index is 0.0574. The van der Waals surface area contributed by atoms with E-state index in [-0.39, 0.29) is 19.1 Å². The molecule has 5 nitrogen and oxygen atoms in total. The highest BCUT2D eigenvalue weighted by Crippen LogP contribution is 2.26. The number of aryl methyl sites for hydroxylation is 2. The number of aliphatic hydroxyl groups is 1. The molecule has 6 heteroatoms. The van der Waals surface area contributed by atoms with Crippen LogP contribution in [-0.2, 0) is 4.79 Å². The van der Waals surface area contributed by atoms with Gasteiger partial charge in [0, 0.05) is 23.5 Å². The van der Waals surface area contributed by atoms with Gasteiger partial charge in [0.2, 0.25) is 0 Å². The lowest BCUT2D eigenvalue weighted by Crippen LogP contribution is -2.20. The van der Waals surface area contributed by atoms with Crippen LogP contribution in [0.3, 0.4) is 0 Å². The standard InChI is InChI=1S/C18H22N2O3S/c1-13-4-5-15(10-14(13)2)23-12-18(22)20-16-11-19-7-6-17(16)24-9-3-8-21/h4-7,10-11,21H,3,8-9,12H2,1-2H3,(H,20,22). The predicted octanol–water partition coefficient (Wildman–Crippen LogP) is 3.19. The van der Waals surface area contributed by atoms with Gasteiger partial charge in [-0.3, -0.25) is 9.78 Å². The first-order valence-corrected chi connectivity index (χ1v) is 8.76. The molecule has 0 aliphatic heterocycles. The lowest BCUT2D eigenvalue weighted by molar-refractivity contribution is -0.118. The van der Waals surface area contributed by atoms with Gasteiger partial charge in [0.1, 0.15) is 5.75 Å². The number of carbonyl (C=O) groups is 1. The SMILES string of the molecule is Cc1ccc(OCC(=O)Nc2cnccc2SCCCO)cc1C. The van der Waals surface area contributed by atoms with E-state index in [1.54, 1.807) is 24.2 Å². The van der Waals surface area contributed by atoms with Crippen LogP contribution in [0.1, 0.15) is 17.5 Å². The minimum Gasteiger partial charge on any atom is -0.484 e. The third kappa shape index (κ3) is 5.54. The third-order valence-electron chi connectivity index (χ3n) is 3.46. The molecule has 0 unspecified atom stereocenters. The van der Waals surface area contributed by atoms with Crippen molar-refractivity contribution in [3.63, 3.8) is 0 Å². The van der Waals surface area contributed by atoms with Crippen molar-refractivity contribution < 1.29 is 14.6 Å². The van der Waals surface area contributed by atoms with Crippen molar-refractivity contribution in [2.24, 2.45) is 0 Å². The summed E-state index contributed by atoms with van der Waals surface area (Å²) < 4.78 is 5.54. The lowest BCUT2D eigenvalue weighted by atomic mass is 10.1. The van der Waals surface area contributed by atoms with E-state index in [4.69, 9.17) is 9.84 Å². The Labute approximate surface area is 146 Å². The number of benzene rings is 1. The molecule has 1 aromatic carbocycles. The van der Waals surface area contributed by atoms with Gasteiger partial charge in [-0.15, -0.1) is 11.8 Å². The second-order valence-corrected chi connectivity index (χ2v) is 6.52. The number of ether oxygens (including phenoxy) is 1. The summed E-state index contributed by atoms with van der Waals surface area (Å²) >= 11 is 1.58. The monoisotopic (exact) mass is 346 g/mol. The van der Waals surface area contributed by atoms with Crippen LogP contribution < -0.4 is 10.1 Å². The number of hydrogen-bond donors (Lipinski definition) is 2. The fraction of sp³-hybridized carbons (Fsp3) is 0.333. The predicted molar refractivity (Wildman–Crippen MR) is 96.7 cm³/mol. The van der Waals surface area contributed by atoms with Gasteiger partial charge in [0.15, 0.2) is 6.61 Å². The maximum Gasteiger partial charge on any atom is 0.262 e. The van der Waals surface area contributed by atoms with Gasteiger partial charge in [0.05, 0.1) is 11.9 Å². The minimum atomic E-state index is -0.231. The molecule has 2 rings (SSSR count). The van der Waals surface area contributed by atoms with Gasteiger partial charge >= 0.3 is 0 Å². The fourth-order valence-corrected chi connectivity index (χ4v) is 2.90. The van der Waals surface area contributed by atoms with Crippen molar-refractivity contribution in [3.8, 4) is 5.75 Å². The Kier molecular flexibility index (Phi) is 7.08. The molecule has 0 radical (unpaired) electrons. The fourth-order valence-electron chi connectivity index (χ4n) is 1.99. The molecule has 0 aliphatic carbocycles. The van der Waals surface area contributed by atoms with E-state index in [1.165, 1.54) is 5.56 Å². The zero-order valence-electron chi connectivity index (χ0n) is 13.9. The van der Waals surface area contributed by atoms with Crippen LogP contribution in [0.15, 0.2) is 41.6 Å². The Bertz CT molecular complexity index is 692. The second kappa shape index (κ2) is 9.30. The highest BCUT2D eigenvalue weighted by molar-refractivity contribution is 7.99. The molecule has 0 atom stereocenters. The molecule has 0 saturated carbocycles. The molecular weight excluding hydrogens is 324 g/mol. The molecule has 0 saturated heterocycles. The van der Waals surface area contributed by atoms with Crippen LogP contribution in [0, 0.1) is 13.8 Å². The number of aliphatic hydroxyl groups excluding tert-OH is 1. The molecule has 128 valence electrons. The van der Waals surface area contributed by atoms with Crippen LogP contribution in [0.5, 0.6) is 5.75 Å². The number of anilines is 1. The molecule has 0 spiro atoms. The summed E-state index contributed by atoms with van der Waals surface area (Å²) in [6.45, 7) is 4.14. The normalized spacial score (nSPS) is 10.5. The number of aromatic nitrogens is 1. The molecule has 0 fully saturated rings. The number of pyridine rings is 1. The first-order valence-electron chi connectivity index (χ1n) is 7.77. The first kappa shape index (κ1) is 18.3. The number of carbonyl (C=O) groups excluding carboxylic acids is 1. The summed E-state index contributed by atoms with van der Waals surface area (Å²) in [4.78, 5) is 17.1. The molecule has 24 heavy (non-hydrogen) atoms. The average molecular weight is 346 g/mol. The van der Waals surface area contributed by atoms with E-state index >= 15 is 0 Å². The Morgan fingerprint density at radius 1 is 1.29 bits per heavy atom. The first-order chi connectivity index (χ1) is 11.6. The van der Waals surface area contributed by atoms with E-state index in [1.807, 2.05) is 38.1 Å². The van der Waals surface area contributed by atoms with Gasteiger partial charge in [0.25, 0.3) is 5.91 Å². The van der Waals surface area contributed by atoms with Crippen LogP contribution in [0.2, 0.25) is 0 Å². The van der Waals surface area contributed by atoms with Gasteiger partial charge in [-0.2, -0.15) is 0 Å². The Morgan fingerprint density at radius 2 is 2.12 bits per heavy atom. The van der Waals surface area contributed by atoms with Gasteiger partial charge in [-0.25, -0.2) is 0 Å². The summed E-state index contributed by atoms with van der Waals surface area (Å²) in [6.07, 6.45) is 4.01. The maximum absolute atomic E-state index is 12.1. The van der Waals surface area contributed by atoms with Crippen LogP contribution in [-0.4, -0.2) is 35.0 Å². The van der Waals surface area contributed by atoms with E-state index in [9.17, 15) is 4.79 Å². The topological polar surface area (TPSA) is 71.5 Å². The summed E-state index contributed by atoms with van der Waals surface area (Å²) in [5, 5.41) is 11.7. The summed E-state index contributed by atoms with van der Waals surface area (Å²) in [5.41, 5.74) is 2.98. The van der Waals surface area contributed by atoms with Crippen molar-refractivity contribution >= 4 is 23.4 Å². The summed E-state index contributed by atoms with van der Waals surface area (Å²) in [7, 11) is 0.